The molecule has 2 heterocycles. The molecule has 0 aliphatic carbocycles. The number of benzene rings is 2. The summed E-state index contributed by atoms with van der Waals surface area (Å²) in [6, 6.07) is 17.5. The number of urea groups is 1. The van der Waals surface area contributed by atoms with Gasteiger partial charge in [0, 0.05) is 18.8 Å². The fraction of sp³-hybridized carbons (Fsp3) is 0.200. The van der Waals surface area contributed by atoms with Gasteiger partial charge < -0.3 is 15.0 Å². The van der Waals surface area contributed by atoms with Gasteiger partial charge in [-0.2, -0.15) is 0 Å². The molecule has 132 valence electrons. The van der Waals surface area contributed by atoms with Crippen LogP contribution in [-0.2, 0) is 6.54 Å². The zero-order valence-corrected chi connectivity index (χ0v) is 14.7. The predicted octanol–water partition coefficient (Wildman–Crippen LogP) is 2.89. The van der Waals surface area contributed by atoms with Gasteiger partial charge in [-0.3, -0.25) is 4.90 Å². The van der Waals surface area contributed by atoms with E-state index in [9.17, 15) is 4.79 Å². The number of rotatable bonds is 4. The van der Waals surface area contributed by atoms with Crippen LogP contribution in [0.1, 0.15) is 11.1 Å². The molecule has 1 fully saturated rings. The van der Waals surface area contributed by atoms with Crippen LogP contribution in [-0.4, -0.2) is 42.0 Å². The van der Waals surface area contributed by atoms with E-state index in [1.165, 1.54) is 0 Å². The third kappa shape index (κ3) is 2.90. The summed E-state index contributed by atoms with van der Waals surface area (Å²) >= 11 is 0. The highest BCUT2D eigenvalue weighted by molar-refractivity contribution is 6.09. The van der Waals surface area contributed by atoms with Gasteiger partial charge in [-0.15, -0.1) is 0 Å². The average Bonchev–Trinajstić information content (AvgIpc) is 2.99. The number of nitrogens with one attached hydrogen (secondary N) is 1. The summed E-state index contributed by atoms with van der Waals surface area (Å²) in [5.41, 5.74) is 2.81. The van der Waals surface area contributed by atoms with E-state index >= 15 is 0 Å². The Hall–Kier alpha value is -3.28. The Bertz CT molecular complexity index is 892. The third-order valence-electron chi connectivity index (χ3n) is 4.54. The molecule has 6 nitrogen and oxygen atoms in total. The number of hydrogen-bond acceptors (Lipinski definition) is 4. The molecule has 0 saturated carbocycles. The van der Waals surface area contributed by atoms with Gasteiger partial charge in [0.05, 0.1) is 19.4 Å². The van der Waals surface area contributed by atoms with Crippen LogP contribution in [0.25, 0.3) is 5.70 Å². The van der Waals surface area contributed by atoms with Crippen LogP contribution in [0.2, 0.25) is 0 Å². The van der Waals surface area contributed by atoms with Gasteiger partial charge in [-0.05, 0) is 17.7 Å². The van der Waals surface area contributed by atoms with Crippen LogP contribution >= 0.6 is 0 Å². The molecule has 2 aliphatic rings. The van der Waals surface area contributed by atoms with Crippen molar-refractivity contribution >= 4 is 17.6 Å². The summed E-state index contributed by atoms with van der Waals surface area (Å²) in [5.74, 6) is 1.48. The molecule has 1 N–H and O–H groups in total. The van der Waals surface area contributed by atoms with Crippen molar-refractivity contribution in [3.63, 3.8) is 0 Å². The standard InChI is InChI=1S/C20H20N4O2/c1-23-13-17(15-9-6-10-16(11-15)26-2)21-19-18(23)22-20(25)24(19)12-14-7-4-3-5-8-14/h3-11,13,18H,12H2,1-2H3,(H,22,25). The van der Waals surface area contributed by atoms with Gasteiger partial charge in [0.25, 0.3) is 0 Å². The molecule has 0 spiro atoms. The quantitative estimate of drug-likeness (QED) is 0.924. The molecule has 0 aromatic heterocycles. The van der Waals surface area contributed by atoms with E-state index in [0.717, 1.165) is 22.6 Å². The van der Waals surface area contributed by atoms with Crippen molar-refractivity contribution in [3.05, 3.63) is 71.9 Å². The van der Waals surface area contributed by atoms with E-state index in [-0.39, 0.29) is 12.2 Å². The van der Waals surface area contributed by atoms with Crippen molar-refractivity contribution in [2.24, 2.45) is 4.99 Å². The predicted molar refractivity (Wildman–Crippen MR) is 100 cm³/mol. The zero-order chi connectivity index (χ0) is 18.1. The molecule has 1 atom stereocenters. The van der Waals surface area contributed by atoms with E-state index in [1.54, 1.807) is 12.0 Å². The first-order chi connectivity index (χ1) is 12.7. The molecule has 6 heteroatoms. The number of likely N-dealkylation sites (N-methyl/N-ethyl adjacent to an activating group) is 1. The van der Waals surface area contributed by atoms with Gasteiger partial charge in [-0.1, -0.05) is 42.5 Å². The van der Waals surface area contributed by atoms with Crippen molar-refractivity contribution < 1.29 is 9.53 Å². The largest absolute Gasteiger partial charge is 0.497 e. The highest BCUT2D eigenvalue weighted by Gasteiger charge is 2.39. The zero-order valence-electron chi connectivity index (χ0n) is 14.7. The highest BCUT2D eigenvalue weighted by atomic mass is 16.5. The Morgan fingerprint density at radius 2 is 1.96 bits per heavy atom. The molecular weight excluding hydrogens is 328 g/mol. The maximum absolute atomic E-state index is 12.5. The SMILES string of the molecule is COc1cccc(C2=CN(C)C3NC(=O)N(Cc4ccccc4)C3=N2)c1. The summed E-state index contributed by atoms with van der Waals surface area (Å²) in [5, 5.41) is 2.98. The number of carbonyl (C=O) groups excluding carboxylic acids is 1. The molecule has 2 aromatic carbocycles. The number of nitrogens with zero attached hydrogens (tertiary/aromatic N) is 3. The van der Waals surface area contributed by atoms with Crippen molar-refractivity contribution in [2.75, 3.05) is 14.2 Å². The van der Waals surface area contributed by atoms with Gasteiger partial charge in [0.2, 0.25) is 0 Å². The van der Waals surface area contributed by atoms with Crippen LogP contribution in [0.15, 0.2) is 65.8 Å². The van der Waals surface area contributed by atoms with E-state index in [1.807, 2.05) is 72.7 Å². The first-order valence-electron chi connectivity index (χ1n) is 8.44. The van der Waals surface area contributed by atoms with Crippen LogP contribution in [0.4, 0.5) is 4.79 Å². The highest BCUT2D eigenvalue weighted by Crippen LogP contribution is 2.28. The van der Waals surface area contributed by atoms with Crippen molar-refractivity contribution in [2.45, 2.75) is 12.7 Å². The molecule has 2 aromatic rings. The maximum Gasteiger partial charge on any atom is 0.325 e. The minimum absolute atomic E-state index is 0.134. The second-order valence-electron chi connectivity index (χ2n) is 6.31. The second-order valence-corrected chi connectivity index (χ2v) is 6.31. The summed E-state index contributed by atoms with van der Waals surface area (Å²) in [6.07, 6.45) is 1.69. The molecule has 0 bridgehead atoms. The lowest BCUT2D eigenvalue weighted by Crippen LogP contribution is -2.44. The van der Waals surface area contributed by atoms with Crippen LogP contribution in [0, 0.1) is 0 Å². The number of fused-ring (bicyclic) bond motifs is 1. The van der Waals surface area contributed by atoms with Crippen LogP contribution in [0.3, 0.4) is 0 Å². The molecule has 1 saturated heterocycles. The Labute approximate surface area is 152 Å². The summed E-state index contributed by atoms with van der Waals surface area (Å²) in [7, 11) is 3.58. The Morgan fingerprint density at radius 1 is 1.15 bits per heavy atom. The molecule has 0 radical (unpaired) electrons. The molecule has 26 heavy (non-hydrogen) atoms. The lowest BCUT2D eigenvalue weighted by molar-refractivity contribution is 0.224. The molecule has 2 aliphatic heterocycles. The number of aliphatic imine (C=N–C) groups is 1. The molecule has 4 rings (SSSR count). The lowest BCUT2D eigenvalue weighted by Gasteiger charge is -2.28. The van der Waals surface area contributed by atoms with Crippen molar-refractivity contribution in [1.29, 1.82) is 0 Å². The van der Waals surface area contributed by atoms with E-state index in [0.29, 0.717) is 12.4 Å². The number of carbonyl (C=O) groups is 1. The average molecular weight is 348 g/mol. The second kappa shape index (κ2) is 6.55. The van der Waals surface area contributed by atoms with Crippen molar-refractivity contribution in [3.8, 4) is 5.75 Å². The van der Waals surface area contributed by atoms with E-state index in [4.69, 9.17) is 9.73 Å². The first-order valence-corrected chi connectivity index (χ1v) is 8.44. The Kier molecular flexibility index (Phi) is 4.08. The van der Waals surface area contributed by atoms with E-state index in [2.05, 4.69) is 5.32 Å². The Balaban J connectivity index is 1.68. The topological polar surface area (TPSA) is 57.2 Å². The third-order valence-corrected chi connectivity index (χ3v) is 4.54. The monoisotopic (exact) mass is 348 g/mol. The molecule has 2 amide bonds. The fourth-order valence-corrected chi connectivity index (χ4v) is 3.18. The van der Waals surface area contributed by atoms with Gasteiger partial charge in [0.1, 0.15) is 5.75 Å². The number of hydrogen-bond donors (Lipinski definition) is 1. The minimum atomic E-state index is -0.249. The van der Waals surface area contributed by atoms with Gasteiger partial charge in [-0.25, -0.2) is 9.79 Å². The number of ether oxygens (including phenoxy) is 1. The number of amidine groups is 1. The molecular formula is C20H20N4O2. The smallest absolute Gasteiger partial charge is 0.325 e. The van der Waals surface area contributed by atoms with Crippen LogP contribution in [0.5, 0.6) is 5.75 Å². The number of methoxy groups -OCH3 is 1. The minimum Gasteiger partial charge on any atom is -0.497 e. The fourth-order valence-electron chi connectivity index (χ4n) is 3.18. The lowest BCUT2D eigenvalue weighted by atomic mass is 10.1. The normalized spacial score (nSPS) is 18.8. The molecule has 1 unspecified atom stereocenters. The van der Waals surface area contributed by atoms with Gasteiger partial charge in [0.15, 0.2) is 12.0 Å². The summed E-state index contributed by atoms with van der Waals surface area (Å²) in [4.78, 5) is 21.0. The summed E-state index contributed by atoms with van der Waals surface area (Å²) in [6.45, 7) is 0.487. The van der Waals surface area contributed by atoms with E-state index < -0.39 is 0 Å². The maximum atomic E-state index is 12.5. The first kappa shape index (κ1) is 16.2. The van der Waals surface area contributed by atoms with Crippen molar-refractivity contribution in [1.82, 2.24) is 15.1 Å². The Morgan fingerprint density at radius 3 is 2.73 bits per heavy atom. The van der Waals surface area contributed by atoms with Crippen LogP contribution < -0.4 is 10.1 Å². The number of amides is 2. The summed E-state index contributed by atoms with van der Waals surface area (Å²) < 4.78 is 5.31. The van der Waals surface area contributed by atoms with Gasteiger partial charge >= 0.3 is 6.03 Å².